The van der Waals surface area contributed by atoms with Crippen LogP contribution in [-0.2, 0) is 6.54 Å². The summed E-state index contributed by atoms with van der Waals surface area (Å²) in [5, 5.41) is 1.24. The van der Waals surface area contributed by atoms with Crippen molar-refractivity contribution < 1.29 is 0 Å². The van der Waals surface area contributed by atoms with E-state index in [0.29, 0.717) is 0 Å². The minimum Gasteiger partial charge on any atom is -0.304 e. The van der Waals surface area contributed by atoms with E-state index in [9.17, 15) is 0 Å². The second-order valence-corrected chi connectivity index (χ2v) is 5.11. The number of rotatable bonds is 2. The Morgan fingerprint density at radius 2 is 1.94 bits per heavy atom. The molecule has 2 heterocycles. The molecule has 0 unspecified atom stereocenters. The number of fused-ring (bicyclic) bond motifs is 1. The normalized spacial score (nSPS) is 18.3. The molecular weight excluding hydrogens is 222 g/mol. The lowest BCUT2D eigenvalue weighted by molar-refractivity contribution is 0.148. The quantitative estimate of drug-likeness (QED) is 0.801. The molecule has 0 amide bonds. The number of hydrogen-bond acceptors (Lipinski definition) is 3. The summed E-state index contributed by atoms with van der Waals surface area (Å²) in [6.45, 7) is 5.74. The number of aromatic nitrogens is 1. The molecule has 0 aliphatic carbocycles. The third kappa shape index (κ3) is 2.52. The van der Waals surface area contributed by atoms with Crippen LogP contribution in [0.5, 0.6) is 0 Å². The summed E-state index contributed by atoms with van der Waals surface area (Å²) in [5.74, 6) is 0. The molecule has 1 aromatic carbocycles. The van der Waals surface area contributed by atoms with Gasteiger partial charge < -0.3 is 4.90 Å². The average molecular weight is 241 g/mol. The highest BCUT2D eigenvalue weighted by Crippen LogP contribution is 2.15. The molecule has 3 heteroatoms. The van der Waals surface area contributed by atoms with Crippen LogP contribution in [0.3, 0.4) is 0 Å². The van der Waals surface area contributed by atoms with Gasteiger partial charge in [-0.05, 0) is 30.8 Å². The molecule has 0 saturated carbocycles. The third-order valence-electron chi connectivity index (χ3n) is 3.67. The first-order valence-electron chi connectivity index (χ1n) is 6.56. The lowest BCUT2D eigenvalue weighted by Crippen LogP contribution is -2.43. The van der Waals surface area contributed by atoms with E-state index in [0.717, 1.165) is 12.1 Å². The van der Waals surface area contributed by atoms with Gasteiger partial charge in [0.1, 0.15) is 0 Å². The Morgan fingerprint density at radius 3 is 2.78 bits per heavy atom. The SMILES string of the molecule is CN1CCN(Cc2ccc3ncccc3c2)CC1. The first kappa shape index (κ1) is 11.6. The second kappa shape index (κ2) is 5.04. The molecule has 3 nitrogen and oxygen atoms in total. The summed E-state index contributed by atoms with van der Waals surface area (Å²) in [6, 6.07) is 10.7. The van der Waals surface area contributed by atoms with Crippen molar-refractivity contribution >= 4 is 10.9 Å². The van der Waals surface area contributed by atoms with Gasteiger partial charge in [0.25, 0.3) is 0 Å². The van der Waals surface area contributed by atoms with Crippen LogP contribution in [-0.4, -0.2) is 48.0 Å². The lowest BCUT2D eigenvalue weighted by Gasteiger charge is -2.32. The van der Waals surface area contributed by atoms with E-state index in [1.807, 2.05) is 12.3 Å². The fourth-order valence-electron chi connectivity index (χ4n) is 2.49. The summed E-state index contributed by atoms with van der Waals surface area (Å²) in [7, 11) is 2.19. The molecule has 1 aliphatic rings. The monoisotopic (exact) mass is 241 g/mol. The molecule has 0 bridgehead atoms. The van der Waals surface area contributed by atoms with E-state index in [1.165, 1.54) is 37.1 Å². The maximum absolute atomic E-state index is 4.36. The van der Waals surface area contributed by atoms with Crippen LogP contribution in [0.1, 0.15) is 5.56 Å². The average Bonchev–Trinajstić information content (AvgIpc) is 2.41. The summed E-state index contributed by atoms with van der Waals surface area (Å²) in [6.07, 6.45) is 1.85. The van der Waals surface area contributed by atoms with Gasteiger partial charge in [-0.25, -0.2) is 0 Å². The standard InChI is InChI=1S/C15H19N3/c1-17-7-9-18(10-8-17)12-13-4-5-15-14(11-13)3-2-6-16-15/h2-6,11H,7-10,12H2,1H3. The molecule has 1 saturated heterocycles. The van der Waals surface area contributed by atoms with Crippen molar-refractivity contribution in [2.24, 2.45) is 0 Å². The second-order valence-electron chi connectivity index (χ2n) is 5.11. The minimum absolute atomic E-state index is 1.05. The van der Waals surface area contributed by atoms with Gasteiger partial charge in [0.2, 0.25) is 0 Å². The van der Waals surface area contributed by atoms with Crippen molar-refractivity contribution in [2.45, 2.75) is 6.54 Å². The minimum atomic E-state index is 1.05. The van der Waals surface area contributed by atoms with Crippen LogP contribution >= 0.6 is 0 Å². The molecule has 0 atom stereocenters. The van der Waals surface area contributed by atoms with E-state index >= 15 is 0 Å². The van der Waals surface area contributed by atoms with Gasteiger partial charge in [-0.3, -0.25) is 9.88 Å². The van der Waals surface area contributed by atoms with Crippen molar-refractivity contribution in [3.8, 4) is 0 Å². The van der Waals surface area contributed by atoms with Crippen molar-refractivity contribution in [2.75, 3.05) is 33.2 Å². The fraction of sp³-hybridized carbons (Fsp3) is 0.400. The predicted octanol–water partition coefficient (Wildman–Crippen LogP) is 1.98. The van der Waals surface area contributed by atoms with E-state index in [4.69, 9.17) is 0 Å². The number of pyridine rings is 1. The number of piperazine rings is 1. The van der Waals surface area contributed by atoms with Gasteiger partial charge in [-0.1, -0.05) is 12.1 Å². The zero-order chi connectivity index (χ0) is 12.4. The molecule has 2 aromatic rings. The summed E-state index contributed by atoms with van der Waals surface area (Å²) in [5.41, 5.74) is 2.47. The van der Waals surface area contributed by atoms with Gasteiger partial charge in [0.05, 0.1) is 5.52 Å². The van der Waals surface area contributed by atoms with Crippen LogP contribution in [0.4, 0.5) is 0 Å². The topological polar surface area (TPSA) is 19.4 Å². The van der Waals surface area contributed by atoms with Gasteiger partial charge in [0, 0.05) is 44.3 Å². The van der Waals surface area contributed by atoms with Crippen LogP contribution in [0.25, 0.3) is 10.9 Å². The zero-order valence-electron chi connectivity index (χ0n) is 10.8. The van der Waals surface area contributed by atoms with E-state index in [-0.39, 0.29) is 0 Å². The molecule has 3 rings (SSSR count). The summed E-state index contributed by atoms with van der Waals surface area (Å²) >= 11 is 0. The van der Waals surface area contributed by atoms with Crippen LogP contribution in [0, 0.1) is 0 Å². The van der Waals surface area contributed by atoms with Crippen molar-refractivity contribution in [1.82, 2.24) is 14.8 Å². The molecule has 94 valence electrons. The van der Waals surface area contributed by atoms with Gasteiger partial charge in [-0.2, -0.15) is 0 Å². The maximum Gasteiger partial charge on any atom is 0.0702 e. The highest BCUT2D eigenvalue weighted by atomic mass is 15.2. The molecule has 0 N–H and O–H groups in total. The Morgan fingerprint density at radius 1 is 1.11 bits per heavy atom. The van der Waals surface area contributed by atoms with Crippen LogP contribution in [0.15, 0.2) is 36.5 Å². The fourth-order valence-corrected chi connectivity index (χ4v) is 2.49. The summed E-state index contributed by atoms with van der Waals surface area (Å²) in [4.78, 5) is 9.27. The van der Waals surface area contributed by atoms with E-state index in [2.05, 4.69) is 46.1 Å². The molecule has 18 heavy (non-hydrogen) atoms. The Kier molecular flexibility index (Phi) is 3.26. The molecule has 0 spiro atoms. The van der Waals surface area contributed by atoms with Gasteiger partial charge >= 0.3 is 0 Å². The Hall–Kier alpha value is -1.45. The van der Waals surface area contributed by atoms with Crippen LogP contribution < -0.4 is 0 Å². The largest absolute Gasteiger partial charge is 0.304 e. The Balaban J connectivity index is 1.74. The Labute approximate surface area is 108 Å². The van der Waals surface area contributed by atoms with Crippen molar-refractivity contribution in [1.29, 1.82) is 0 Å². The number of likely N-dealkylation sites (N-methyl/N-ethyl adjacent to an activating group) is 1. The van der Waals surface area contributed by atoms with E-state index < -0.39 is 0 Å². The highest BCUT2D eigenvalue weighted by Gasteiger charge is 2.13. The maximum atomic E-state index is 4.36. The van der Waals surface area contributed by atoms with Crippen molar-refractivity contribution in [3.05, 3.63) is 42.1 Å². The number of hydrogen-bond donors (Lipinski definition) is 0. The van der Waals surface area contributed by atoms with E-state index in [1.54, 1.807) is 0 Å². The van der Waals surface area contributed by atoms with Crippen molar-refractivity contribution in [3.63, 3.8) is 0 Å². The smallest absolute Gasteiger partial charge is 0.0702 e. The first-order valence-corrected chi connectivity index (χ1v) is 6.56. The molecule has 1 aromatic heterocycles. The van der Waals surface area contributed by atoms with Crippen LogP contribution in [0.2, 0.25) is 0 Å². The predicted molar refractivity (Wildman–Crippen MR) is 74.5 cm³/mol. The summed E-state index contributed by atoms with van der Waals surface area (Å²) < 4.78 is 0. The third-order valence-corrected chi connectivity index (χ3v) is 3.67. The number of nitrogens with zero attached hydrogens (tertiary/aromatic N) is 3. The number of benzene rings is 1. The lowest BCUT2D eigenvalue weighted by atomic mass is 10.1. The zero-order valence-corrected chi connectivity index (χ0v) is 10.8. The van der Waals surface area contributed by atoms with Gasteiger partial charge in [0.15, 0.2) is 0 Å². The highest BCUT2D eigenvalue weighted by molar-refractivity contribution is 5.78. The molecule has 0 radical (unpaired) electrons. The Bertz CT molecular complexity index is 530. The first-order chi connectivity index (χ1) is 8.81. The van der Waals surface area contributed by atoms with Gasteiger partial charge in [-0.15, -0.1) is 0 Å². The molecular formula is C15H19N3. The molecule has 1 aliphatic heterocycles. The molecule has 1 fully saturated rings.